The van der Waals surface area contributed by atoms with Crippen molar-refractivity contribution in [3.05, 3.63) is 0 Å². The van der Waals surface area contributed by atoms with Gasteiger partial charge in [0, 0.05) is 25.9 Å². The SMILES string of the molecule is COC(=O)CCCC#CCC#CCC#CCCOC1CCCCO1. The largest absolute Gasteiger partial charge is 0.469 e. The molecule has 0 aromatic heterocycles. The fraction of sp³-hybridized carbons (Fsp3) is 0.650. The predicted octanol–water partition coefficient (Wildman–Crippen LogP) is 3.05. The molecule has 1 fully saturated rings. The van der Waals surface area contributed by atoms with Crippen molar-refractivity contribution in [2.45, 2.75) is 64.1 Å². The van der Waals surface area contributed by atoms with Gasteiger partial charge < -0.3 is 14.2 Å². The Morgan fingerprint density at radius 3 is 2.42 bits per heavy atom. The van der Waals surface area contributed by atoms with Crippen LogP contribution in [0.3, 0.4) is 0 Å². The van der Waals surface area contributed by atoms with Crippen LogP contribution in [0.4, 0.5) is 0 Å². The van der Waals surface area contributed by atoms with E-state index in [2.05, 4.69) is 40.3 Å². The molecule has 1 unspecified atom stereocenters. The molecule has 0 amide bonds. The van der Waals surface area contributed by atoms with Gasteiger partial charge in [0.15, 0.2) is 6.29 Å². The van der Waals surface area contributed by atoms with Gasteiger partial charge in [0.2, 0.25) is 0 Å². The summed E-state index contributed by atoms with van der Waals surface area (Å²) in [5, 5.41) is 0. The highest BCUT2D eigenvalue weighted by atomic mass is 16.7. The summed E-state index contributed by atoms with van der Waals surface area (Å²) in [5.41, 5.74) is 0. The van der Waals surface area contributed by atoms with Gasteiger partial charge in [-0.1, -0.05) is 29.6 Å². The van der Waals surface area contributed by atoms with Crippen LogP contribution in [0.25, 0.3) is 0 Å². The van der Waals surface area contributed by atoms with Gasteiger partial charge >= 0.3 is 5.97 Å². The lowest BCUT2D eigenvalue weighted by Gasteiger charge is -2.22. The van der Waals surface area contributed by atoms with Crippen LogP contribution in [-0.4, -0.2) is 32.6 Å². The van der Waals surface area contributed by atoms with Crippen LogP contribution in [0.2, 0.25) is 0 Å². The Balaban J connectivity index is 1.96. The maximum atomic E-state index is 10.9. The van der Waals surface area contributed by atoms with E-state index >= 15 is 0 Å². The minimum atomic E-state index is -0.188. The molecular weight excluding hydrogens is 304 g/mol. The molecule has 1 rings (SSSR count). The molecule has 0 aromatic carbocycles. The average molecular weight is 330 g/mol. The highest BCUT2D eigenvalue weighted by Crippen LogP contribution is 2.13. The Bertz CT molecular complexity index is 527. The summed E-state index contributed by atoms with van der Waals surface area (Å²) in [7, 11) is 1.39. The van der Waals surface area contributed by atoms with Gasteiger partial charge in [-0.3, -0.25) is 4.79 Å². The lowest BCUT2D eigenvalue weighted by Crippen LogP contribution is -2.22. The van der Waals surface area contributed by atoms with E-state index in [4.69, 9.17) is 9.47 Å². The maximum Gasteiger partial charge on any atom is 0.305 e. The Morgan fingerprint density at radius 2 is 1.75 bits per heavy atom. The number of unbranched alkanes of at least 4 members (excludes halogenated alkanes) is 1. The van der Waals surface area contributed by atoms with E-state index in [-0.39, 0.29) is 12.3 Å². The molecule has 24 heavy (non-hydrogen) atoms. The molecule has 1 heterocycles. The molecule has 0 bridgehead atoms. The van der Waals surface area contributed by atoms with Crippen LogP contribution in [0.5, 0.6) is 0 Å². The van der Waals surface area contributed by atoms with E-state index in [1.54, 1.807) is 0 Å². The van der Waals surface area contributed by atoms with Gasteiger partial charge in [-0.15, -0.1) is 5.92 Å². The first-order valence-electron chi connectivity index (χ1n) is 8.50. The monoisotopic (exact) mass is 330 g/mol. The summed E-state index contributed by atoms with van der Waals surface area (Å²) in [6.45, 7) is 1.42. The average Bonchev–Trinajstić information content (AvgIpc) is 2.62. The van der Waals surface area contributed by atoms with E-state index in [0.29, 0.717) is 38.7 Å². The first kappa shape index (κ1) is 20.1. The summed E-state index contributed by atoms with van der Waals surface area (Å²) in [6, 6.07) is 0. The number of rotatable bonds is 6. The van der Waals surface area contributed by atoms with Crippen molar-refractivity contribution in [2.24, 2.45) is 0 Å². The molecule has 1 saturated heterocycles. The zero-order valence-electron chi connectivity index (χ0n) is 14.5. The standard InChI is InChI=1S/C20H26O4/c1-22-19(21)15-11-9-7-5-3-2-4-6-8-10-13-17-23-20-16-12-14-18-24-20/h20H,3,6,9,11-18H2,1H3. The Kier molecular flexibility index (Phi) is 12.3. The lowest BCUT2D eigenvalue weighted by atomic mass is 10.2. The molecule has 1 aliphatic rings. The van der Waals surface area contributed by atoms with E-state index in [1.165, 1.54) is 13.5 Å². The summed E-state index contributed by atoms with van der Waals surface area (Å²) in [5.74, 6) is 17.8. The van der Waals surface area contributed by atoms with Gasteiger partial charge in [-0.2, -0.15) is 0 Å². The fourth-order valence-corrected chi connectivity index (χ4v) is 2.02. The number of methoxy groups -OCH3 is 1. The first-order chi connectivity index (χ1) is 11.8. The number of hydrogen-bond acceptors (Lipinski definition) is 4. The van der Waals surface area contributed by atoms with E-state index in [1.807, 2.05) is 0 Å². The Hall–Kier alpha value is -1.93. The van der Waals surface area contributed by atoms with Crippen molar-refractivity contribution >= 4 is 5.97 Å². The molecule has 0 N–H and O–H groups in total. The van der Waals surface area contributed by atoms with Gasteiger partial charge in [0.05, 0.1) is 26.6 Å². The van der Waals surface area contributed by atoms with Crippen molar-refractivity contribution in [3.8, 4) is 35.5 Å². The molecule has 1 atom stereocenters. The third-order valence-electron chi connectivity index (χ3n) is 3.31. The molecule has 4 nitrogen and oxygen atoms in total. The number of carbonyl (C=O) groups is 1. The zero-order valence-corrected chi connectivity index (χ0v) is 14.5. The highest BCUT2D eigenvalue weighted by Gasteiger charge is 2.12. The topological polar surface area (TPSA) is 44.8 Å². The maximum absolute atomic E-state index is 10.9. The van der Waals surface area contributed by atoms with Crippen molar-refractivity contribution in [2.75, 3.05) is 20.3 Å². The van der Waals surface area contributed by atoms with E-state index in [9.17, 15) is 4.79 Å². The van der Waals surface area contributed by atoms with Crippen LogP contribution in [-0.2, 0) is 19.0 Å². The third kappa shape index (κ3) is 11.6. The second kappa shape index (κ2) is 14.6. The number of hydrogen-bond donors (Lipinski definition) is 0. The van der Waals surface area contributed by atoms with E-state index < -0.39 is 0 Å². The molecule has 0 saturated carbocycles. The molecule has 0 aromatic rings. The van der Waals surface area contributed by atoms with Crippen molar-refractivity contribution in [1.82, 2.24) is 0 Å². The number of esters is 1. The van der Waals surface area contributed by atoms with Crippen LogP contribution in [0.15, 0.2) is 0 Å². The van der Waals surface area contributed by atoms with Crippen LogP contribution < -0.4 is 0 Å². The second-order valence-corrected chi connectivity index (χ2v) is 5.26. The summed E-state index contributed by atoms with van der Waals surface area (Å²) in [6.07, 6.45) is 6.93. The summed E-state index contributed by atoms with van der Waals surface area (Å²) < 4.78 is 15.6. The molecule has 0 spiro atoms. The zero-order chi connectivity index (χ0) is 17.3. The normalized spacial score (nSPS) is 15.8. The molecule has 0 radical (unpaired) electrons. The summed E-state index contributed by atoms with van der Waals surface area (Å²) >= 11 is 0. The smallest absolute Gasteiger partial charge is 0.305 e. The van der Waals surface area contributed by atoms with Crippen molar-refractivity contribution in [3.63, 3.8) is 0 Å². The molecule has 1 aliphatic heterocycles. The Labute approximate surface area is 145 Å². The minimum absolute atomic E-state index is 0.0356. The summed E-state index contributed by atoms with van der Waals surface area (Å²) in [4.78, 5) is 10.9. The van der Waals surface area contributed by atoms with Crippen LogP contribution >= 0.6 is 0 Å². The third-order valence-corrected chi connectivity index (χ3v) is 3.31. The Morgan fingerprint density at radius 1 is 1.04 bits per heavy atom. The molecule has 0 aliphatic carbocycles. The lowest BCUT2D eigenvalue weighted by molar-refractivity contribution is -0.161. The quantitative estimate of drug-likeness (QED) is 0.426. The van der Waals surface area contributed by atoms with E-state index in [0.717, 1.165) is 25.9 Å². The second-order valence-electron chi connectivity index (χ2n) is 5.26. The minimum Gasteiger partial charge on any atom is -0.469 e. The molecular formula is C20H26O4. The fourth-order valence-electron chi connectivity index (χ4n) is 2.02. The number of ether oxygens (including phenoxy) is 3. The van der Waals surface area contributed by atoms with Crippen molar-refractivity contribution in [1.29, 1.82) is 0 Å². The molecule has 130 valence electrons. The first-order valence-corrected chi connectivity index (χ1v) is 8.50. The molecule has 4 heteroatoms. The van der Waals surface area contributed by atoms with Gasteiger partial charge in [-0.25, -0.2) is 0 Å². The van der Waals surface area contributed by atoms with Crippen molar-refractivity contribution < 1.29 is 19.0 Å². The van der Waals surface area contributed by atoms with Crippen LogP contribution in [0.1, 0.15) is 57.8 Å². The highest BCUT2D eigenvalue weighted by molar-refractivity contribution is 5.69. The number of carbonyl (C=O) groups excluding carboxylic acids is 1. The van der Waals surface area contributed by atoms with Gasteiger partial charge in [0.1, 0.15) is 0 Å². The van der Waals surface area contributed by atoms with Crippen LogP contribution in [0, 0.1) is 35.5 Å². The predicted molar refractivity (Wildman–Crippen MR) is 92.6 cm³/mol. The van der Waals surface area contributed by atoms with Gasteiger partial charge in [0.25, 0.3) is 0 Å². The van der Waals surface area contributed by atoms with Gasteiger partial charge in [-0.05, 0) is 25.7 Å².